The number of aliphatic carboxylic acids is 1. The molecule has 0 amide bonds. The highest BCUT2D eigenvalue weighted by Crippen LogP contribution is 2.42. The lowest BCUT2D eigenvalue weighted by atomic mass is 9.74. The van der Waals surface area contributed by atoms with Gasteiger partial charge in [0.15, 0.2) is 0 Å². The zero-order chi connectivity index (χ0) is 15.2. The third-order valence-corrected chi connectivity index (χ3v) is 5.02. The van der Waals surface area contributed by atoms with Crippen LogP contribution in [0, 0.1) is 11.3 Å². The average molecular weight is 301 g/mol. The fourth-order valence-electron chi connectivity index (χ4n) is 3.82. The van der Waals surface area contributed by atoms with Gasteiger partial charge in [0.2, 0.25) is 0 Å². The Morgan fingerprint density at radius 1 is 1.50 bits per heavy atom. The van der Waals surface area contributed by atoms with Gasteiger partial charge in [-0.05, 0) is 18.6 Å². The normalized spacial score (nSPS) is 28.8. The minimum atomic E-state index is -0.687. The highest BCUT2D eigenvalue weighted by molar-refractivity contribution is 5.76. The summed E-state index contributed by atoms with van der Waals surface area (Å²) < 4.78 is 5.49. The maximum atomic E-state index is 11.8. The summed E-state index contributed by atoms with van der Waals surface area (Å²) >= 11 is 0. The van der Waals surface area contributed by atoms with Gasteiger partial charge >= 0.3 is 5.97 Å². The lowest BCUT2D eigenvalue weighted by molar-refractivity contribution is -0.157. The predicted octanol–water partition coefficient (Wildman–Crippen LogP) is 1.49. The van der Waals surface area contributed by atoms with Gasteiger partial charge < -0.3 is 14.8 Å². The Morgan fingerprint density at radius 2 is 2.36 bits per heavy atom. The number of likely N-dealkylation sites (tertiary alicyclic amines) is 1. The van der Waals surface area contributed by atoms with Crippen molar-refractivity contribution in [3.8, 4) is 0 Å². The van der Waals surface area contributed by atoms with Gasteiger partial charge in [0, 0.05) is 25.6 Å². The van der Waals surface area contributed by atoms with Crippen molar-refractivity contribution >= 4 is 17.0 Å². The summed E-state index contributed by atoms with van der Waals surface area (Å²) in [5.74, 6) is 0.275. The summed E-state index contributed by atoms with van der Waals surface area (Å²) in [5.41, 5.74) is 1.32. The first-order chi connectivity index (χ1) is 10.7. The highest BCUT2D eigenvalue weighted by atomic mass is 16.5. The van der Waals surface area contributed by atoms with Crippen molar-refractivity contribution in [3.63, 3.8) is 0 Å². The molecule has 2 aromatic rings. The van der Waals surface area contributed by atoms with Crippen LogP contribution in [0.2, 0.25) is 0 Å². The first-order valence-electron chi connectivity index (χ1n) is 7.64. The molecule has 0 bridgehead atoms. The summed E-state index contributed by atoms with van der Waals surface area (Å²) in [6.45, 7) is 3.07. The lowest BCUT2D eigenvalue weighted by Crippen LogP contribution is -2.44. The Balaban J connectivity index is 1.55. The summed E-state index contributed by atoms with van der Waals surface area (Å²) in [7, 11) is 0. The number of benzene rings is 1. The van der Waals surface area contributed by atoms with Gasteiger partial charge in [-0.3, -0.25) is 9.69 Å². The van der Waals surface area contributed by atoms with Crippen LogP contribution < -0.4 is 0 Å². The lowest BCUT2D eigenvalue weighted by Gasteiger charge is -2.34. The van der Waals surface area contributed by atoms with E-state index >= 15 is 0 Å². The van der Waals surface area contributed by atoms with Crippen LogP contribution in [0.25, 0.3) is 11.0 Å². The standard InChI is InChI=1S/C16H19N3O3/c20-15(21)16-5-6-22-9-11(16)7-19(10-16)8-14-17-12-3-1-2-4-13(12)18-14/h1-4,11H,5-10H2,(H,17,18)(H,20,21)/t11-,16+/m1/s1. The summed E-state index contributed by atoms with van der Waals surface area (Å²) in [5, 5.41) is 9.69. The molecule has 2 fully saturated rings. The number of carbonyl (C=O) groups is 1. The third kappa shape index (κ3) is 2.10. The van der Waals surface area contributed by atoms with Crippen molar-refractivity contribution < 1.29 is 14.6 Å². The Bertz CT molecular complexity index is 680. The molecule has 1 aromatic heterocycles. The fourth-order valence-corrected chi connectivity index (χ4v) is 3.82. The molecule has 0 spiro atoms. The van der Waals surface area contributed by atoms with E-state index in [1.54, 1.807) is 0 Å². The number of carboxylic acids is 1. The van der Waals surface area contributed by atoms with Crippen LogP contribution in [-0.2, 0) is 16.1 Å². The Morgan fingerprint density at radius 3 is 3.14 bits per heavy atom. The first-order valence-corrected chi connectivity index (χ1v) is 7.64. The molecule has 116 valence electrons. The van der Waals surface area contributed by atoms with Gasteiger partial charge in [0.1, 0.15) is 5.82 Å². The van der Waals surface area contributed by atoms with Crippen molar-refractivity contribution in [2.24, 2.45) is 11.3 Å². The zero-order valence-electron chi connectivity index (χ0n) is 12.3. The quantitative estimate of drug-likeness (QED) is 0.898. The molecule has 0 unspecified atom stereocenters. The van der Waals surface area contributed by atoms with Crippen LogP contribution in [0.15, 0.2) is 24.3 Å². The van der Waals surface area contributed by atoms with Gasteiger partial charge in [0.25, 0.3) is 0 Å². The van der Waals surface area contributed by atoms with E-state index in [0.29, 0.717) is 32.7 Å². The van der Waals surface area contributed by atoms with Crippen molar-refractivity contribution in [1.29, 1.82) is 0 Å². The van der Waals surface area contributed by atoms with Crippen LogP contribution >= 0.6 is 0 Å². The Kier molecular flexibility index (Phi) is 3.16. The molecule has 6 heteroatoms. The largest absolute Gasteiger partial charge is 0.481 e. The van der Waals surface area contributed by atoms with Gasteiger partial charge in [-0.15, -0.1) is 0 Å². The fraction of sp³-hybridized carbons (Fsp3) is 0.500. The van der Waals surface area contributed by atoms with E-state index in [1.165, 1.54) is 0 Å². The molecular weight excluding hydrogens is 282 g/mol. The number of ether oxygens (including phenoxy) is 1. The SMILES string of the molecule is O=C(O)[C@]12CCOC[C@H]1CN(Cc1nc3ccccc3[nH]1)C2. The second-order valence-electron chi connectivity index (χ2n) is 6.35. The molecule has 2 aliphatic heterocycles. The van der Waals surface area contributed by atoms with Crippen molar-refractivity contribution in [3.05, 3.63) is 30.1 Å². The van der Waals surface area contributed by atoms with Crippen LogP contribution in [0.5, 0.6) is 0 Å². The number of imidazole rings is 1. The van der Waals surface area contributed by atoms with E-state index in [9.17, 15) is 9.90 Å². The van der Waals surface area contributed by atoms with E-state index in [4.69, 9.17) is 4.74 Å². The van der Waals surface area contributed by atoms with Gasteiger partial charge in [0.05, 0.1) is 29.6 Å². The number of nitrogens with zero attached hydrogens (tertiary/aromatic N) is 2. The highest BCUT2D eigenvalue weighted by Gasteiger charge is 2.53. The van der Waals surface area contributed by atoms with Gasteiger partial charge in [-0.1, -0.05) is 12.1 Å². The molecular formula is C16H19N3O3. The molecule has 0 saturated carbocycles. The van der Waals surface area contributed by atoms with Crippen molar-refractivity contribution in [2.45, 2.75) is 13.0 Å². The van der Waals surface area contributed by atoms with Crippen LogP contribution in [0.1, 0.15) is 12.2 Å². The molecule has 2 atom stereocenters. The van der Waals surface area contributed by atoms with Crippen LogP contribution in [0.3, 0.4) is 0 Å². The van der Waals surface area contributed by atoms with Crippen LogP contribution in [0.4, 0.5) is 0 Å². The third-order valence-electron chi connectivity index (χ3n) is 5.02. The van der Waals surface area contributed by atoms with Gasteiger partial charge in [-0.25, -0.2) is 4.98 Å². The summed E-state index contributed by atoms with van der Waals surface area (Å²) in [4.78, 5) is 21.9. The average Bonchev–Trinajstić information content (AvgIpc) is 3.07. The summed E-state index contributed by atoms with van der Waals surface area (Å²) in [6, 6.07) is 7.92. The number of aromatic nitrogens is 2. The van der Waals surface area contributed by atoms with E-state index in [-0.39, 0.29) is 5.92 Å². The molecule has 0 aliphatic carbocycles. The number of hydrogen-bond acceptors (Lipinski definition) is 4. The minimum Gasteiger partial charge on any atom is -0.481 e. The molecule has 2 saturated heterocycles. The molecule has 4 rings (SSSR count). The molecule has 0 radical (unpaired) electrons. The van der Waals surface area contributed by atoms with Crippen molar-refractivity contribution in [2.75, 3.05) is 26.3 Å². The minimum absolute atomic E-state index is 0.0723. The Hall–Kier alpha value is -1.92. The zero-order valence-corrected chi connectivity index (χ0v) is 12.3. The van der Waals surface area contributed by atoms with E-state index in [0.717, 1.165) is 23.4 Å². The molecule has 22 heavy (non-hydrogen) atoms. The topological polar surface area (TPSA) is 78.5 Å². The second-order valence-corrected chi connectivity index (χ2v) is 6.35. The predicted molar refractivity (Wildman–Crippen MR) is 80.4 cm³/mol. The number of fused-ring (bicyclic) bond motifs is 2. The Labute approximate surface area is 128 Å². The monoisotopic (exact) mass is 301 g/mol. The first kappa shape index (κ1) is 13.7. The number of hydrogen-bond donors (Lipinski definition) is 2. The number of rotatable bonds is 3. The molecule has 1 aromatic carbocycles. The number of aromatic amines is 1. The smallest absolute Gasteiger partial charge is 0.311 e. The van der Waals surface area contributed by atoms with Crippen molar-refractivity contribution in [1.82, 2.24) is 14.9 Å². The molecule has 2 N–H and O–H groups in total. The maximum Gasteiger partial charge on any atom is 0.311 e. The van der Waals surface area contributed by atoms with Gasteiger partial charge in [-0.2, -0.15) is 0 Å². The van der Waals surface area contributed by atoms with E-state index < -0.39 is 11.4 Å². The second kappa shape index (κ2) is 5.07. The molecule has 3 heterocycles. The van der Waals surface area contributed by atoms with Crippen LogP contribution in [-0.4, -0.2) is 52.2 Å². The maximum absolute atomic E-state index is 11.8. The number of H-pyrrole nitrogens is 1. The van der Waals surface area contributed by atoms with E-state index in [1.807, 2.05) is 24.3 Å². The number of nitrogens with one attached hydrogen (secondary N) is 1. The molecule has 2 aliphatic rings. The number of carboxylic acid groups (broad SMARTS) is 1. The van der Waals surface area contributed by atoms with E-state index in [2.05, 4.69) is 14.9 Å². The number of para-hydroxylation sites is 2. The molecule has 6 nitrogen and oxygen atoms in total. The summed E-state index contributed by atoms with van der Waals surface area (Å²) in [6.07, 6.45) is 0.601.